The zero-order chi connectivity index (χ0) is 29.0. The highest BCUT2D eigenvalue weighted by atomic mass is 14.2. The average Bonchev–Trinajstić information content (AvgIpc) is 3.11. The second kappa shape index (κ2) is 9.93. The molecule has 0 heteroatoms. The first-order chi connectivity index (χ1) is 21.8. The zero-order valence-corrected chi connectivity index (χ0v) is 24.2. The Kier molecular flexibility index (Phi) is 5.61. The Balaban J connectivity index is 1.15. The van der Waals surface area contributed by atoms with Crippen LogP contribution in [-0.4, -0.2) is 0 Å². The molecule has 9 aromatic rings. The van der Waals surface area contributed by atoms with Crippen LogP contribution >= 0.6 is 0 Å². The number of rotatable bonds is 4. The molecule has 44 heavy (non-hydrogen) atoms. The lowest BCUT2D eigenvalue weighted by Crippen LogP contribution is -1.89. The van der Waals surface area contributed by atoms with E-state index in [0.717, 1.165) is 0 Å². The topological polar surface area (TPSA) is 0 Å². The summed E-state index contributed by atoms with van der Waals surface area (Å²) in [6, 6.07) is 62.3. The van der Waals surface area contributed by atoms with Crippen molar-refractivity contribution < 1.29 is 0 Å². The Morgan fingerprint density at radius 3 is 1.23 bits per heavy atom. The molecule has 204 valence electrons. The van der Waals surface area contributed by atoms with Gasteiger partial charge in [-0.15, -0.1) is 0 Å². The van der Waals surface area contributed by atoms with Gasteiger partial charge in [-0.1, -0.05) is 164 Å². The van der Waals surface area contributed by atoms with E-state index in [9.17, 15) is 0 Å². The molecule has 0 bridgehead atoms. The van der Waals surface area contributed by atoms with E-state index >= 15 is 0 Å². The summed E-state index contributed by atoms with van der Waals surface area (Å²) < 4.78 is 0. The molecular weight excluding hydrogens is 528 g/mol. The molecule has 0 N–H and O–H groups in total. The third-order valence-electron chi connectivity index (χ3n) is 9.25. The Hall–Kier alpha value is -5.72. The van der Waals surface area contributed by atoms with Crippen molar-refractivity contribution in [2.75, 3.05) is 0 Å². The van der Waals surface area contributed by atoms with Crippen LogP contribution in [0.3, 0.4) is 0 Å². The van der Waals surface area contributed by atoms with Gasteiger partial charge in [-0.3, -0.25) is 0 Å². The molecule has 0 spiro atoms. The van der Waals surface area contributed by atoms with E-state index < -0.39 is 0 Å². The smallest absolute Gasteiger partial charge is 0.00203 e. The maximum absolute atomic E-state index is 2.31. The van der Waals surface area contributed by atoms with Crippen molar-refractivity contribution in [2.45, 2.75) is 0 Å². The molecule has 0 amide bonds. The first-order valence-corrected chi connectivity index (χ1v) is 15.3. The molecule has 0 saturated carbocycles. The Morgan fingerprint density at radius 1 is 0.227 bits per heavy atom. The number of hydrogen-bond donors (Lipinski definition) is 0. The zero-order valence-electron chi connectivity index (χ0n) is 24.2. The molecule has 9 rings (SSSR count). The third-order valence-corrected chi connectivity index (χ3v) is 9.25. The Bertz CT molecular complexity index is 2450. The van der Waals surface area contributed by atoms with Gasteiger partial charge in [0.25, 0.3) is 0 Å². The van der Waals surface area contributed by atoms with E-state index in [-0.39, 0.29) is 0 Å². The van der Waals surface area contributed by atoms with Crippen LogP contribution in [0.2, 0.25) is 0 Å². The molecule has 0 saturated heterocycles. The SMILES string of the molecule is c1ccc(-c2ccc(-c3ccc4ccc5c(-c6ccc(-c7ccc8ccccc8c7)cc6)ccc6ccc3c4c65)cc2)cc1. The first kappa shape index (κ1) is 24.8. The predicted molar refractivity (Wildman–Crippen MR) is 189 cm³/mol. The summed E-state index contributed by atoms with van der Waals surface area (Å²) in [5.41, 5.74) is 9.99. The van der Waals surface area contributed by atoms with Gasteiger partial charge in [0.2, 0.25) is 0 Å². The second-order valence-electron chi connectivity index (χ2n) is 11.7. The van der Waals surface area contributed by atoms with Crippen LogP contribution < -0.4 is 0 Å². The highest BCUT2D eigenvalue weighted by Gasteiger charge is 2.15. The molecule has 0 unspecified atom stereocenters. The van der Waals surface area contributed by atoms with Crippen molar-refractivity contribution in [3.8, 4) is 44.5 Å². The fraction of sp³-hybridized carbons (Fsp3) is 0. The second-order valence-corrected chi connectivity index (χ2v) is 11.7. The van der Waals surface area contributed by atoms with Crippen LogP contribution in [-0.2, 0) is 0 Å². The van der Waals surface area contributed by atoms with Gasteiger partial charge in [0.15, 0.2) is 0 Å². The minimum atomic E-state index is 1.24. The Morgan fingerprint density at radius 2 is 0.636 bits per heavy atom. The predicted octanol–water partition coefficient (Wildman–Crippen LogP) is 12.4. The van der Waals surface area contributed by atoms with Gasteiger partial charge in [0.05, 0.1) is 0 Å². The summed E-state index contributed by atoms with van der Waals surface area (Å²) in [6.07, 6.45) is 0. The van der Waals surface area contributed by atoms with E-state index in [1.54, 1.807) is 0 Å². The van der Waals surface area contributed by atoms with Crippen molar-refractivity contribution >= 4 is 43.1 Å². The van der Waals surface area contributed by atoms with Crippen LogP contribution in [0.1, 0.15) is 0 Å². The molecule has 0 aliphatic rings. The normalized spacial score (nSPS) is 11.6. The molecule has 9 aromatic carbocycles. The molecular formula is C44H28. The molecule has 0 fully saturated rings. The molecule has 0 atom stereocenters. The van der Waals surface area contributed by atoms with Crippen molar-refractivity contribution in [2.24, 2.45) is 0 Å². The number of hydrogen-bond acceptors (Lipinski definition) is 0. The van der Waals surface area contributed by atoms with E-state index in [4.69, 9.17) is 0 Å². The summed E-state index contributed by atoms with van der Waals surface area (Å²) in [4.78, 5) is 0. The lowest BCUT2D eigenvalue weighted by atomic mass is 9.87. The fourth-order valence-electron chi connectivity index (χ4n) is 6.99. The average molecular weight is 557 g/mol. The van der Waals surface area contributed by atoms with E-state index in [2.05, 4.69) is 170 Å². The summed E-state index contributed by atoms with van der Waals surface area (Å²) >= 11 is 0. The van der Waals surface area contributed by atoms with Crippen LogP contribution in [0.5, 0.6) is 0 Å². The third kappa shape index (κ3) is 4.00. The van der Waals surface area contributed by atoms with Crippen LogP contribution in [0.25, 0.3) is 87.6 Å². The van der Waals surface area contributed by atoms with Gasteiger partial charge < -0.3 is 0 Å². The highest BCUT2D eigenvalue weighted by molar-refractivity contribution is 6.27. The van der Waals surface area contributed by atoms with Gasteiger partial charge in [-0.05, 0) is 93.7 Å². The van der Waals surface area contributed by atoms with Gasteiger partial charge in [0.1, 0.15) is 0 Å². The monoisotopic (exact) mass is 556 g/mol. The molecule has 0 aliphatic carbocycles. The van der Waals surface area contributed by atoms with Gasteiger partial charge in [0, 0.05) is 0 Å². The van der Waals surface area contributed by atoms with E-state index in [1.165, 1.54) is 87.6 Å². The largest absolute Gasteiger partial charge is 0.0622 e. The summed E-state index contributed by atoms with van der Waals surface area (Å²) in [6.45, 7) is 0. The van der Waals surface area contributed by atoms with Gasteiger partial charge >= 0.3 is 0 Å². The molecule has 0 radical (unpaired) electrons. The highest BCUT2D eigenvalue weighted by Crippen LogP contribution is 2.42. The molecule has 0 aliphatic heterocycles. The first-order valence-electron chi connectivity index (χ1n) is 15.3. The minimum absolute atomic E-state index is 1.24. The van der Waals surface area contributed by atoms with E-state index in [1.807, 2.05) is 0 Å². The fourth-order valence-corrected chi connectivity index (χ4v) is 6.99. The summed E-state index contributed by atoms with van der Waals surface area (Å²) in [5.74, 6) is 0. The van der Waals surface area contributed by atoms with Crippen molar-refractivity contribution in [1.29, 1.82) is 0 Å². The van der Waals surface area contributed by atoms with Crippen LogP contribution in [0, 0.1) is 0 Å². The van der Waals surface area contributed by atoms with Crippen molar-refractivity contribution in [3.05, 3.63) is 170 Å². The van der Waals surface area contributed by atoms with Gasteiger partial charge in [-0.2, -0.15) is 0 Å². The Labute approximate surface area is 256 Å². The standard InChI is InChI=1S/C44H28/c1-2-6-29(7-3-1)31-10-15-33(16-11-31)39-24-20-35-23-27-42-40(25-21-36-22-26-41(39)43(35)44(36)42)34-17-12-32(13-18-34)38-19-14-30-8-4-5-9-37(30)28-38/h1-28H. The van der Waals surface area contributed by atoms with Crippen molar-refractivity contribution in [1.82, 2.24) is 0 Å². The van der Waals surface area contributed by atoms with Crippen molar-refractivity contribution in [3.63, 3.8) is 0 Å². The summed E-state index contributed by atoms with van der Waals surface area (Å²) in [5, 5.41) is 10.4. The molecule has 0 nitrogen and oxygen atoms in total. The molecule has 0 aromatic heterocycles. The van der Waals surface area contributed by atoms with Crippen LogP contribution in [0.4, 0.5) is 0 Å². The van der Waals surface area contributed by atoms with Gasteiger partial charge in [-0.25, -0.2) is 0 Å². The molecule has 0 heterocycles. The maximum atomic E-state index is 2.31. The quantitative estimate of drug-likeness (QED) is 0.189. The lowest BCUT2D eigenvalue weighted by Gasteiger charge is -2.17. The van der Waals surface area contributed by atoms with Crippen LogP contribution in [0.15, 0.2) is 170 Å². The maximum Gasteiger partial charge on any atom is -0.00203 e. The summed E-state index contributed by atoms with van der Waals surface area (Å²) in [7, 11) is 0. The minimum Gasteiger partial charge on any atom is -0.0622 e. The van der Waals surface area contributed by atoms with E-state index in [0.29, 0.717) is 0 Å². The number of benzene rings is 9. The number of fused-ring (bicyclic) bond motifs is 1. The lowest BCUT2D eigenvalue weighted by molar-refractivity contribution is 1.61.